The Morgan fingerprint density at radius 1 is 1.24 bits per heavy atom. The van der Waals surface area contributed by atoms with Crippen LogP contribution in [-0.2, 0) is 0 Å². The van der Waals surface area contributed by atoms with Crippen molar-refractivity contribution < 1.29 is 9.53 Å². The first-order valence-electron chi connectivity index (χ1n) is 7.45. The van der Waals surface area contributed by atoms with Crippen LogP contribution in [0.15, 0.2) is 46.9 Å². The molecule has 25 heavy (non-hydrogen) atoms. The molecule has 2 aromatic carbocycles. The van der Waals surface area contributed by atoms with Crippen LogP contribution in [0.25, 0.3) is 11.3 Å². The molecule has 0 saturated carbocycles. The van der Waals surface area contributed by atoms with Crippen molar-refractivity contribution >= 4 is 39.1 Å². The highest BCUT2D eigenvalue weighted by atomic mass is 79.9. The lowest BCUT2D eigenvalue weighted by Crippen LogP contribution is -2.13. The monoisotopic (exact) mass is 419 g/mol. The molecule has 0 aliphatic carbocycles. The van der Waals surface area contributed by atoms with Gasteiger partial charge in [-0.2, -0.15) is 5.10 Å². The number of carbonyl (C=O) groups is 1. The summed E-state index contributed by atoms with van der Waals surface area (Å²) in [6, 6.07) is 12.8. The molecule has 0 aliphatic heterocycles. The second-order valence-corrected chi connectivity index (χ2v) is 6.75. The minimum absolute atomic E-state index is 0.309. The van der Waals surface area contributed by atoms with Gasteiger partial charge in [0.05, 0.1) is 18.5 Å². The Bertz CT molecular complexity index is 923. The Labute approximate surface area is 158 Å². The quantitative estimate of drug-likeness (QED) is 0.620. The molecule has 0 atom stereocenters. The van der Waals surface area contributed by atoms with E-state index in [1.54, 1.807) is 18.2 Å². The third-order valence-electron chi connectivity index (χ3n) is 3.69. The second-order valence-electron chi connectivity index (χ2n) is 5.43. The van der Waals surface area contributed by atoms with E-state index < -0.39 is 0 Å². The molecule has 128 valence electrons. The zero-order valence-corrected chi connectivity index (χ0v) is 15.9. The van der Waals surface area contributed by atoms with Crippen LogP contribution in [0.2, 0.25) is 5.02 Å². The summed E-state index contributed by atoms with van der Waals surface area (Å²) in [5.74, 6) is 0.187. The molecule has 3 rings (SSSR count). The summed E-state index contributed by atoms with van der Waals surface area (Å²) in [5.41, 5.74) is 3.36. The number of hydrogen-bond acceptors (Lipinski definition) is 3. The van der Waals surface area contributed by atoms with E-state index in [4.69, 9.17) is 16.3 Å². The number of methoxy groups -OCH3 is 1. The van der Waals surface area contributed by atoms with Gasteiger partial charge in [-0.15, -0.1) is 0 Å². The molecular formula is C18H15BrClN3O2. The predicted octanol–water partition coefficient (Wildman–Crippen LogP) is 5.06. The first kappa shape index (κ1) is 17.5. The summed E-state index contributed by atoms with van der Waals surface area (Å²) in [5, 5.41) is 10.4. The Hall–Kier alpha value is -2.31. The number of aromatic amines is 1. The van der Waals surface area contributed by atoms with Crippen LogP contribution in [0.1, 0.15) is 16.1 Å². The average Bonchev–Trinajstić information content (AvgIpc) is 3.08. The predicted molar refractivity (Wildman–Crippen MR) is 102 cm³/mol. The molecule has 1 amide bonds. The van der Waals surface area contributed by atoms with E-state index >= 15 is 0 Å². The number of anilines is 1. The third kappa shape index (κ3) is 3.86. The van der Waals surface area contributed by atoms with E-state index in [0.29, 0.717) is 27.8 Å². The van der Waals surface area contributed by atoms with Crippen molar-refractivity contribution in [1.82, 2.24) is 10.2 Å². The molecule has 0 fully saturated rings. The van der Waals surface area contributed by atoms with Crippen molar-refractivity contribution in [2.45, 2.75) is 6.92 Å². The van der Waals surface area contributed by atoms with E-state index in [-0.39, 0.29) is 5.91 Å². The fraction of sp³-hybridized carbons (Fsp3) is 0.111. The number of benzene rings is 2. The SMILES string of the molecule is COc1cc(Cl)c(C)cc1NC(=O)c1cc(-c2ccc(Br)cc2)n[nH]1. The molecule has 5 nitrogen and oxygen atoms in total. The molecule has 0 aliphatic rings. The fourth-order valence-corrected chi connectivity index (χ4v) is 2.74. The minimum atomic E-state index is -0.309. The first-order valence-corrected chi connectivity index (χ1v) is 8.62. The smallest absolute Gasteiger partial charge is 0.273 e. The molecule has 2 N–H and O–H groups in total. The lowest BCUT2D eigenvalue weighted by Gasteiger charge is -2.11. The second kappa shape index (κ2) is 7.29. The zero-order chi connectivity index (χ0) is 18.0. The van der Waals surface area contributed by atoms with Crippen LogP contribution in [0.5, 0.6) is 5.75 Å². The normalized spacial score (nSPS) is 10.6. The molecule has 3 aromatic rings. The molecule has 0 unspecified atom stereocenters. The fourth-order valence-electron chi connectivity index (χ4n) is 2.33. The molecule has 0 spiro atoms. The number of hydrogen-bond donors (Lipinski definition) is 2. The lowest BCUT2D eigenvalue weighted by molar-refractivity contribution is 0.102. The van der Waals surface area contributed by atoms with E-state index in [9.17, 15) is 4.79 Å². The Morgan fingerprint density at radius 3 is 2.64 bits per heavy atom. The summed E-state index contributed by atoms with van der Waals surface area (Å²) < 4.78 is 6.26. The first-order chi connectivity index (χ1) is 12.0. The number of rotatable bonds is 4. The molecule has 0 bridgehead atoms. The van der Waals surface area contributed by atoms with Crippen molar-refractivity contribution in [3.63, 3.8) is 0 Å². The van der Waals surface area contributed by atoms with E-state index in [0.717, 1.165) is 15.6 Å². The maximum Gasteiger partial charge on any atom is 0.273 e. The molecule has 1 heterocycles. The summed E-state index contributed by atoms with van der Waals surface area (Å²) in [6.07, 6.45) is 0. The van der Waals surface area contributed by atoms with E-state index in [2.05, 4.69) is 31.4 Å². The number of nitrogens with one attached hydrogen (secondary N) is 2. The highest BCUT2D eigenvalue weighted by Gasteiger charge is 2.14. The van der Waals surface area contributed by atoms with Gasteiger partial charge >= 0.3 is 0 Å². The van der Waals surface area contributed by atoms with Crippen LogP contribution >= 0.6 is 27.5 Å². The number of aryl methyl sites for hydroxylation is 1. The maximum absolute atomic E-state index is 12.5. The summed E-state index contributed by atoms with van der Waals surface area (Å²) in [6.45, 7) is 1.86. The van der Waals surface area contributed by atoms with Crippen molar-refractivity contribution in [2.75, 3.05) is 12.4 Å². The highest BCUT2D eigenvalue weighted by molar-refractivity contribution is 9.10. The van der Waals surface area contributed by atoms with Gasteiger partial charge in [-0.05, 0) is 36.8 Å². The number of halogens is 2. The molecule has 0 saturated heterocycles. The number of H-pyrrole nitrogens is 1. The lowest BCUT2D eigenvalue weighted by atomic mass is 10.1. The van der Waals surface area contributed by atoms with Gasteiger partial charge in [-0.1, -0.05) is 39.7 Å². The summed E-state index contributed by atoms with van der Waals surface area (Å²) in [4.78, 5) is 12.5. The van der Waals surface area contributed by atoms with Crippen molar-refractivity contribution in [3.05, 3.63) is 63.2 Å². The van der Waals surface area contributed by atoms with Gasteiger partial charge < -0.3 is 10.1 Å². The number of nitrogens with zero attached hydrogens (tertiary/aromatic N) is 1. The number of carbonyl (C=O) groups excluding carboxylic acids is 1. The summed E-state index contributed by atoms with van der Waals surface area (Å²) >= 11 is 9.48. The number of amides is 1. The van der Waals surface area contributed by atoms with Crippen molar-refractivity contribution in [3.8, 4) is 17.0 Å². The number of aromatic nitrogens is 2. The van der Waals surface area contributed by atoms with Gasteiger partial charge in [0.15, 0.2) is 0 Å². The van der Waals surface area contributed by atoms with Gasteiger partial charge in [-0.3, -0.25) is 9.89 Å². The minimum Gasteiger partial charge on any atom is -0.495 e. The topological polar surface area (TPSA) is 67.0 Å². The largest absolute Gasteiger partial charge is 0.495 e. The van der Waals surface area contributed by atoms with Crippen molar-refractivity contribution in [2.24, 2.45) is 0 Å². The Morgan fingerprint density at radius 2 is 1.96 bits per heavy atom. The van der Waals surface area contributed by atoms with Gasteiger partial charge in [0.1, 0.15) is 11.4 Å². The van der Waals surface area contributed by atoms with E-state index in [1.807, 2.05) is 31.2 Å². The van der Waals surface area contributed by atoms with Gasteiger partial charge in [0.25, 0.3) is 5.91 Å². The van der Waals surface area contributed by atoms with E-state index in [1.165, 1.54) is 7.11 Å². The van der Waals surface area contributed by atoms with Gasteiger partial charge in [-0.25, -0.2) is 0 Å². The maximum atomic E-state index is 12.5. The molecule has 0 radical (unpaired) electrons. The van der Waals surface area contributed by atoms with Crippen LogP contribution in [0, 0.1) is 6.92 Å². The molecule has 1 aromatic heterocycles. The van der Waals surface area contributed by atoms with Crippen molar-refractivity contribution in [1.29, 1.82) is 0 Å². The van der Waals surface area contributed by atoms with Gasteiger partial charge in [0.2, 0.25) is 0 Å². The molecular weight excluding hydrogens is 406 g/mol. The standard InChI is InChI=1S/C18H15BrClN3O2/c1-10-7-15(17(25-2)8-13(10)20)21-18(24)16-9-14(22-23-16)11-3-5-12(19)6-4-11/h3-9H,1-2H3,(H,21,24)(H,22,23). The van der Waals surface area contributed by atoms with Gasteiger partial charge in [0, 0.05) is 21.1 Å². The Balaban J connectivity index is 1.83. The Kier molecular flexibility index (Phi) is 5.11. The zero-order valence-electron chi connectivity index (χ0n) is 13.6. The number of ether oxygens (including phenoxy) is 1. The highest BCUT2D eigenvalue weighted by Crippen LogP contribution is 2.31. The average molecular weight is 421 g/mol. The van der Waals surface area contributed by atoms with Crippen LogP contribution < -0.4 is 10.1 Å². The van der Waals surface area contributed by atoms with Crippen LogP contribution in [-0.4, -0.2) is 23.2 Å². The molecule has 7 heteroatoms. The van der Waals surface area contributed by atoms with Crippen LogP contribution in [0.3, 0.4) is 0 Å². The van der Waals surface area contributed by atoms with Crippen LogP contribution in [0.4, 0.5) is 5.69 Å². The summed E-state index contributed by atoms with van der Waals surface area (Å²) in [7, 11) is 1.53. The third-order valence-corrected chi connectivity index (χ3v) is 4.63.